The molecule has 0 saturated carbocycles. The molecular formula is C14H17N. The van der Waals surface area contributed by atoms with Crippen molar-refractivity contribution >= 4 is 10.8 Å². The summed E-state index contributed by atoms with van der Waals surface area (Å²) in [5, 5.41) is 2.68. The maximum Gasteiger partial charge on any atom is 0.00136 e. The zero-order chi connectivity index (χ0) is 10.7. The van der Waals surface area contributed by atoms with E-state index in [1.54, 1.807) is 0 Å². The van der Waals surface area contributed by atoms with Crippen molar-refractivity contribution in [2.75, 3.05) is 0 Å². The van der Waals surface area contributed by atoms with E-state index in [2.05, 4.69) is 49.4 Å². The van der Waals surface area contributed by atoms with Gasteiger partial charge in [-0.3, -0.25) is 0 Å². The number of benzene rings is 2. The van der Waals surface area contributed by atoms with Gasteiger partial charge in [0.05, 0.1) is 0 Å². The Morgan fingerprint density at radius 1 is 1.07 bits per heavy atom. The minimum atomic E-state index is 0.281. The van der Waals surface area contributed by atoms with Crippen LogP contribution in [0.1, 0.15) is 18.9 Å². The predicted molar refractivity (Wildman–Crippen MR) is 65.9 cm³/mol. The molecule has 78 valence electrons. The quantitative estimate of drug-likeness (QED) is 0.807. The third-order valence-electron chi connectivity index (χ3n) is 2.75. The van der Waals surface area contributed by atoms with Crippen LogP contribution in [-0.4, -0.2) is 6.04 Å². The largest absolute Gasteiger partial charge is 0.328 e. The topological polar surface area (TPSA) is 26.0 Å². The van der Waals surface area contributed by atoms with Gasteiger partial charge in [-0.15, -0.1) is 0 Å². The molecule has 0 heterocycles. The van der Waals surface area contributed by atoms with Crippen LogP contribution in [0.4, 0.5) is 0 Å². The second-order valence-corrected chi connectivity index (χ2v) is 4.15. The molecule has 2 aromatic rings. The lowest BCUT2D eigenvalue weighted by molar-refractivity contribution is 0.668. The summed E-state index contributed by atoms with van der Waals surface area (Å²) in [6, 6.07) is 15.3. The number of fused-ring (bicyclic) bond motifs is 1. The van der Waals surface area contributed by atoms with Gasteiger partial charge in [-0.2, -0.15) is 0 Å². The van der Waals surface area contributed by atoms with E-state index in [0.29, 0.717) is 0 Å². The summed E-state index contributed by atoms with van der Waals surface area (Å²) in [5.41, 5.74) is 7.19. The summed E-state index contributed by atoms with van der Waals surface area (Å²) in [6.45, 7) is 2.06. The Kier molecular flexibility index (Phi) is 3.02. The number of rotatable bonds is 3. The van der Waals surface area contributed by atoms with Crippen molar-refractivity contribution in [3.63, 3.8) is 0 Å². The molecule has 0 saturated heterocycles. The van der Waals surface area contributed by atoms with Crippen LogP contribution in [-0.2, 0) is 6.42 Å². The first-order valence-corrected chi connectivity index (χ1v) is 5.49. The number of aryl methyl sites for hydroxylation is 1. The molecule has 0 amide bonds. The molecule has 0 radical (unpaired) electrons. The summed E-state index contributed by atoms with van der Waals surface area (Å²) in [6.07, 6.45) is 2.12. The van der Waals surface area contributed by atoms with Crippen LogP contribution in [0.15, 0.2) is 42.5 Å². The third kappa shape index (κ3) is 2.37. The minimum absolute atomic E-state index is 0.281. The molecule has 2 aromatic carbocycles. The van der Waals surface area contributed by atoms with Gasteiger partial charge in [0.2, 0.25) is 0 Å². The maximum absolute atomic E-state index is 5.78. The minimum Gasteiger partial charge on any atom is -0.328 e. The van der Waals surface area contributed by atoms with Crippen molar-refractivity contribution in [3.8, 4) is 0 Å². The van der Waals surface area contributed by atoms with Gasteiger partial charge in [-0.25, -0.2) is 0 Å². The van der Waals surface area contributed by atoms with E-state index in [-0.39, 0.29) is 6.04 Å². The lowest BCUT2D eigenvalue weighted by Gasteiger charge is -2.08. The van der Waals surface area contributed by atoms with E-state index >= 15 is 0 Å². The summed E-state index contributed by atoms with van der Waals surface area (Å²) < 4.78 is 0. The van der Waals surface area contributed by atoms with Crippen molar-refractivity contribution in [1.29, 1.82) is 0 Å². The van der Waals surface area contributed by atoms with Gasteiger partial charge in [0.1, 0.15) is 0 Å². The maximum atomic E-state index is 5.78. The van der Waals surface area contributed by atoms with Crippen LogP contribution >= 0.6 is 0 Å². The molecule has 0 aromatic heterocycles. The molecular weight excluding hydrogens is 182 g/mol. The Bertz CT molecular complexity index is 441. The Hall–Kier alpha value is -1.34. The molecule has 0 bridgehead atoms. The molecule has 15 heavy (non-hydrogen) atoms. The molecule has 0 aliphatic carbocycles. The highest BCUT2D eigenvalue weighted by Crippen LogP contribution is 2.19. The zero-order valence-electron chi connectivity index (χ0n) is 9.11. The standard InChI is InChI=1S/C14H17N/c1-11(15)9-10-13-7-4-6-12-5-2-3-8-14(12)13/h2-8,11H,9-10,15H2,1H3/t11-/m1/s1. The zero-order valence-corrected chi connectivity index (χ0v) is 9.11. The first-order valence-electron chi connectivity index (χ1n) is 5.49. The molecule has 0 spiro atoms. The lowest BCUT2D eigenvalue weighted by atomic mass is 9.99. The molecule has 0 unspecified atom stereocenters. The van der Waals surface area contributed by atoms with E-state index in [1.807, 2.05) is 0 Å². The average molecular weight is 199 g/mol. The first-order chi connectivity index (χ1) is 7.27. The molecule has 1 nitrogen and oxygen atoms in total. The predicted octanol–water partition coefficient (Wildman–Crippen LogP) is 3.12. The van der Waals surface area contributed by atoms with E-state index in [1.165, 1.54) is 16.3 Å². The molecule has 1 heteroatoms. The van der Waals surface area contributed by atoms with E-state index < -0.39 is 0 Å². The van der Waals surface area contributed by atoms with Gasteiger partial charge in [0.15, 0.2) is 0 Å². The van der Waals surface area contributed by atoms with Crippen molar-refractivity contribution in [3.05, 3.63) is 48.0 Å². The number of nitrogens with two attached hydrogens (primary N) is 1. The smallest absolute Gasteiger partial charge is 0.00136 e. The first kappa shape index (κ1) is 10.2. The molecule has 0 aliphatic rings. The van der Waals surface area contributed by atoms with Gasteiger partial charge in [-0.1, -0.05) is 42.5 Å². The molecule has 0 fully saturated rings. The van der Waals surface area contributed by atoms with E-state index in [4.69, 9.17) is 5.73 Å². The molecule has 2 rings (SSSR count). The van der Waals surface area contributed by atoms with Crippen molar-refractivity contribution in [2.24, 2.45) is 5.73 Å². The van der Waals surface area contributed by atoms with Crippen LogP contribution in [0, 0.1) is 0 Å². The van der Waals surface area contributed by atoms with E-state index in [9.17, 15) is 0 Å². The molecule has 2 N–H and O–H groups in total. The fraction of sp³-hybridized carbons (Fsp3) is 0.286. The summed E-state index contributed by atoms with van der Waals surface area (Å²) in [5.74, 6) is 0. The van der Waals surface area contributed by atoms with E-state index in [0.717, 1.165) is 12.8 Å². The van der Waals surface area contributed by atoms with Gasteiger partial charge in [0, 0.05) is 6.04 Å². The summed E-state index contributed by atoms with van der Waals surface area (Å²) in [4.78, 5) is 0. The monoisotopic (exact) mass is 199 g/mol. The highest BCUT2D eigenvalue weighted by atomic mass is 14.6. The number of hydrogen-bond acceptors (Lipinski definition) is 1. The number of hydrogen-bond donors (Lipinski definition) is 1. The fourth-order valence-electron chi connectivity index (χ4n) is 1.89. The van der Waals surface area contributed by atoms with Crippen molar-refractivity contribution in [2.45, 2.75) is 25.8 Å². The van der Waals surface area contributed by atoms with Crippen LogP contribution in [0.25, 0.3) is 10.8 Å². The summed E-state index contributed by atoms with van der Waals surface area (Å²) >= 11 is 0. The normalized spacial score (nSPS) is 12.9. The van der Waals surface area contributed by atoms with Gasteiger partial charge < -0.3 is 5.73 Å². The Balaban J connectivity index is 2.34. The molecule has 0 aliphatic heterocycles. The average Bonchev–Trinajstić information content (AvgIpc) is 2.26. The van der Waals surface area contributed by atoms with Crippen LogP contribution in [0.2, 0.25) is 0 Å². The second-order valence-electron chi connectivity index (χ2n) is 4.15. The fourth-order valence-corrected chi connectivity index (χ4v) is 1.89. The van der Waals surface area contributed by atoms with Gasteiger partial charge in [0.25, 0.3) is 0 Å². The Morgan fingerprint density at radius 3 is 2.60 bits per heavy atom. The highest BCUT2D eigenvalue weighted by Gasteiger charge is 2.01. The van der Waals surface area contributed by atoms with Crippen LogP contribution < -0.4 is 5.73 Å². The third-order valence-corrected chi connectivity index (χ3v) is 2.75. The van der Waals surface area contributed by atoms with Crippen LogP contribution in [0.5, 0.6) is 0 Å². The Morgan fingerprint density at radius 2 is 1.80 bits per heavy atom. The lowest BCUT2D eigenvalue weighted by Crippen LogP contribution is -2.15. The van der Waals surface area contributed by atoms with Gasteiger partial charge in [-0.05, 0) is 36.1 Å². The Labute approximate surface area is 90.9 Å². The second kappa shape index (κ2) is 4.45. The highest BCUT2D eigenvalue weighted by molar-refractivity contribution is 5.85. The van der Waals surface area contributed by atoms with Crippen molar-refractivity contribution in [1.82, 2.24) is 0 Å². The summed E-state index contributed by atoms with van der Waals surface area (Å²) in [7, 11) is 0. The van der Waals surface area contributed by atoms with Gasteiger partial charge >= 0.3 is 0 Å². The van der Waals surface area contributed by atoms with Crippen LogP contribution in [0.3, 0.4) is 0 Å². The SMILES string of the molecule is C[C@@H](N)CCc1cccc2ccccc12. The molecule has 1 atom stereocenters. The van der Waals surface area contributed by atoms with Crippen molar-refractivity contribution < 1.29 is 0 Å².